The fourth-order valence-corrected chi connectivity index (χ4v) is 2.31. The van der Waals surface area contributed by atoms with Gasteiger partial charge in [-0.05, 0) is 43.5 Å². The summed E-state index contributed by atoms with van der Waals surface area (Å²) in [5.41, 5.74) is 6.34. The Morgan fingerprint density at radius 2 is 2.05 bits per heavy atom. The second-order valence-corrected chi connectivity index (χ2v) is 5.79. The number of hydrogen-bond acceptors (Lipinski definition) is 3. The average molecular weight is 306 g/mol. The first-order valence-corrected chi connectivity index (χ1v) is 7.84. The summed E-state index contributed by atoms with van der Waals surface area (Å²) < 4.78 is 5.57. The Hall–Kier alpha value is -1.62. The SMILES string of the molecule is CCCCN(C(=O)COc1ccc(C(N)=S)cc1)C1CC1. The van der Waals surface area contributed by atoms with Crippen molar-refractivity contribution in [1.29, 1.82) is 0 Å². The van der Waals surface area contributed by atoms with Gasteiger partial charge in [0.05, 0.1) is 0 Å². The molecule has 1 aliphatic rings. The van der Waals surface area contributed by atoms with E-state index in [1.165, 1.54) is 0 Å². The van der Waals surface area contributed by atoms with Crippen LogP contribution in [0.4, 0.5) is 0 Å². The van der Waals surface area contributed by atoms with Gasteiger partial charge in [0.2, 0.25) is 0 Å². The van der Waals surface area contributed by atoms with Crippen molar-refractivity contribution in [1.82, 2.24) is 4.90 Å². The molecule has 0 radical (unpaired) electrons. The monoisotopic (exact) mass is 306 g/mol. The van der Waals surface area contributed by atoms with Crippen LogP contribution in [0.3, 0.4) is 0 Å². The third kappa shape index (κ3) is 4.70. The van der Waals surface area contributed by atoms with E-state index in [0.29, 0.717) is 16.8 Å². The van der Waals surface area contributed by atoms with Gasteiger partial charge in [0.15, 0.2) is 6.61 Å². The van der Waals surface area contributed by atoms with Crippen LogP contribution in [-0.2, 0) is 4.79 Å². The van der Waals surface area contributed by atoms with E-state index in [4.69, 9.17) is 22.7 Å². The number of nitrogens with zero attached hydrogens (tertiary/aromatic N) is 1. The van der Waals surface area contributed by atoms with Crippen LogP contribution in [0.1, 0.15) is 38.2 Å². The highest BCUT2D eigenvalue weighted by atomic mass is 32.1. The van der Waals surface area contributed by atoms with Crippen molar-refractivity contribution in [2.24, 2.45) is 5.73 Å². The lowest BCUT2D eigenvalue weighted by Crippen LogP contribution is -2.37. The molecule has 1 aromatic carbocycles. The van der Waals surface area contributed by atoms with E-state index < -0.39 is 0 Å². The van der Waals surface area contributed by atoms with Gasteiger partial charge in [0.25, 0.3) is 5.91 Å². The van der Waals surface area contributed by atoms with Crippen LogP contribution in [0, 0.1) is 0 Å². The van der Waals surface area contributed by atoms with E-state index in [1.807, 2.05) is 4.90 Å². The second kappa shape index (κ2) is 7.41. The number of thiocarbonyl (C=S) groups is 1. The third-order valence-electron chi connectivity index (χ3n) is 3.56. The molecule has 2 rings (SSSR count). The van der Waals surface area contributed by atoms with Gasteiger partial charge in [-0.15, -0.1) is 0 Å². The molecule has 0 heterocycles. The second-order valence-electron chi connectivity index (χ2n) is 5.35. The van der Waals surface area contributed by atoms with E-state index in [-0.39, 0.29) is 12.5 Å². The van der Waals surface area contributed by atoms with Crippen LogP contribution in [0.5, 0.6) is 5.75 Å². The molecular weight excluding hydrogens is 284 g/mol. The van der Waals surface area contributed by atoms with Crippen LogP contribution < -0.4 is 10.5 Å². The number of benzene rings is 1. The summed E-state index contributed by atoms with van der Waals surface area (Å²) in [4.78, 5) is 14.6. The molecule has 0 atom stereocenters. The molecule has 0 spiro atoms. The molecule has 1 fully saturated rings. The quantitative estimate of drug-likeness (QED) is 0.750. The average Bonchev–Trinajstić information content (AvgIpc) is 3.30. The lowest BCUT2D eigenvalue weighted by Gasteiger charge is -2.22. The first-order valence-electron chi connectivity index (χ1n) is 7.44. The fraction of sp³-hybridized carbons (Fsp3) is 0.500. The first-order chi connectivity index (χ1) is 10.1. The molecule has 114 valence electrons. The highest BCUT2D eigenvalue weighted by Crippen LogP contribution is 2.27. The Kier molecular flexibility index (Phi) is 5.56. The van der Waals surface area contributed by atoms with Gasteiger partial charge >= 0.3 is 0 Å². The Labute approximate surface area is 131 Å². The summed E-state index contributed by atoms with van der Waals surface area (Å²) >= 11 is 4.90. The van der Waals surface area contributed by atoms with Crippen LogP contribution in [0.2, 0.25) is 0 Å². The molecule has 0 aliphatic heterocycles. The minimum atomic E-state index is 0.0735. The molecule has 21 heavy (non-hydrogen) atoms. The van der Waals surface area contributed by atoms with Gasteiger partial charge < -0.3 is 15.4 Å². The van der Waals surface area contributed by atoms with Crippen LogP contribution in [0.25, 0.3) is 0 Å². The fourth-order valence-electron chi connectivity index (χ4n) is 2.17. The Morgan fingerprint density at radius 1 is 1.38 bits per heavy atom. The van der Waals surface area contributed by atoms with E-state index in [1.54, 1.807) is 24.3 Å². The smallest absolute Gasteiger partial charge is 0.260 e. The molecule has 4 nitrogen and oxygen atoms in total. The van der Waals surface area contributed by atoms with Crippen LogP contribution in [-0.4, -0.2) is 35.0 Å². The number of carbonyl (C=O) groups excluding carboxylic acids is 1. The zero-order valence-corrected chi connectivity index (χ0v) is 13.2. The number of amides is 1. The van der Waals surface area contributed by atoms with Gasteiger partial charge in [-0.2, -0.15) is 0 Å². The van der Waals surface area contributed by atoms with Crippen LogP contribution >= 0.6 is 12.2 Å². The van der Waals surface area contributed by atoms with Crippen molar-refractivity contribution in [3.63, 3.8) is 0 Å². The molecule has 1 aliphatic carbocycles. The zero-order valence-electron chi connectivity index (χ0n) is 12.4. The van der Waals surface area contributed by atoms with Gasteiger partial charge in [-0.3, -0.25) is 4.79 Å². The predicted molar refractivity (Wildman–Crippen MR) is 87.5 cm³/mol. The number of hydrogen-bond donors (Lipinski definition) is 1. The number of ether oxygens (including phenoxy) is 1. The van der Waals surface area contributed by atoms with Gasteiger partial charge in [-0.25, -0.2) is 0 Å². The summed E-state index contributed by atoms with van der Waals surface area (Å²) in [6.07, 6.45) is 4.39. The molecule has 0 saturated heterocycles. The normalized spacial score (nSPS) is 13.8. The highest BCUT2D eigenvalue weighted by molar-refractivity contribution is 7.80. The standard InChI is InChI=1S/C16H22N2O2S/c1-2-3-10-18(13-6-7-13)15(19)11-20-14-8-4-12(5-9-14)16(17)21/h4-5,8-9,13H,2-3,6-7,10-11H2,1H3,(H2,17,21). The van der Waals surface area contributed by atoms with E-state index >= 15 is 0 Å². The van der Waals surface area contributed by atoms with Crippen molar-refractivity contribution in [3.8, 4) is 5.75 Å². The minimum absolute atomic E-state index is 0.0735. The number of carbonyl (C=O) groups is 1. The topological polar surface area (TPSA) is 55.6 Å². The molecule has 1 amide bonds. The third-order valence-corrected chi connectivity index (χ3v) is 3.80. The molecular formula is C16H22N2O2S. The van der Waals surface area contributed by atoms with E-state index in [0.717, 1.165) is 37.8 Å². The molecule has 0 bridgehead atoms. The maximum Gasteiger partial charge on any atom is 0.260 e. The maximum atomic E-state index is 12.2. The number of nitrogens with two attached hydrogens (primary N) is 1. The summed E-state index contributed by atoms with van der Waals surface area (Å²) in [7, 11) is 0. The van der Waals surface area contributed by atoms with Gasteiger partial charge in [0.1, 0.15) is 10.7 Å². The summed E-state index contributed by atoms with van der Waals surface area (Å²) in [6.45, 7) is 3.06. The molecule has 2 N–H and O–H groups in total. The summed E-state index contributed by atoms with van der Waals surface area (Å²) in [6, 6.07) is 7.62. The molecule has 5 heteroatoms. The minimum Gasteiger partial charge on any atom is -0.484 e. The molecule has 1 saturated carbocycles. The van der Waals surface area contributed by atoms with E-state index in [2.05, 4.69) is 6.92 Å². The molecule has 0 aromatic heterocycles. The van der Waals surface area contributed by atoms with Crippen molar-refractivity contribution >= 4 is 23.1 Å². The van der Waals surface area contributed by atoms with Crippen molar-refractivity contribution in [2.45, 2.75) is 38.6 Å². The van der Waals surface area contributed by atoms with Crippen molar-refractivity contribution < 1.29 is 9.53 Å². The summed E-state index contributed by atoms with van der Waals surface area (Å²) in [5.74, 6) is 0.735. The summed E-state index contributed by atoms with van der Waals surface area (Å²) in [5, 5.41) is 0. The lowest BCUT2D eigenvalue weighted by atomic mass is 10.2. The van der Waals surface area contributed by atoms with Gasteiger partial charge in [-0.1, -0.05) is 25.6 Å². The number of unbranched alkanes of at least 4 members (excludes halogenated alkanes) is 1. The van der Waals surface area contributed by atoms with Crippen molar-refractivity contribution in [2.75, 3.05) is 13.2 Å². The number of rotatable bonds is 8. The van der Waals surface area contributed by atoms with Crippen molar-refractivity contribution in [3.05, 3.63) is 29.8 Å². The Morgan fingerprint density at radius 3 is 2.57 bits per heavy atom. The maximum absolute atomic E-state index is 12.2. The van der Waals surface area contributed by atoms with Gasteiger partial charge in [0, 0.05) is 18.2 Å². The molecule has 1 aromatic rings. The first kappa shape index (κ1) is 15.8. The van der Waals surface area contributed by atoms with E-state index in [9.17, 15) is 4.79 Å². The predicted octanol–water partition coefficient (Wildman–Crippen LogP) is 2.49. The lowest BCUT2D eigenvalue weighted by molar-refractivity contribution is -0.134. The van der Waals surface area contributed by atoms with Crippen LogP contribution in [0.15, 0.2) is 24.3 Å². The highest BCUT2D eigenvalue weighted by Gasteiger charge is 2.32. The largest absolute Gasteiger partial charge is 0.484 e. The Balaban J connectivity index is 1.85. The Bertz CT molecular complexity index is 498. The zero-order chi connectivity index (χ0) is 15.2. The molecule has 0 unspecified atom stereocenters.